The van der Waals surface area contributed by atoms with E-state index in [1.807, 2.05) is 49.4 Å². The number of aliphatic imine (C=N–C) groups is 1. The van der Waals surface area contributed by atoms with Crippen molar-refractivity contribution in [2.75, 3.05) is 36.9 Å². The zero-order valence-corrected chi connectivity index (χ0v) is 21.8. The number of carbonyl (C=O) groups excluding carboxylic acids is 2. The standard InChI is InChI=1S/C27H35N5O2.ClH/c1-18(2)17-32-23-11-6-5-10-22(23)24(20-12-14-31(4)15-13-20)29-25(26(32)33)30-27(34)28-21-9-7-8-19(3)16-21;/h5-11,16,18,20,25H,12-15,17H2,1-4H3,(H2,28,30,34);1H. The highest BCUT2D eigenvalue weighted by molar-refractivity contribution is 6.14. The van der Waals surface area contributed by atoms with E-state index in [9.17, 15) is 9.59 Å². The molecule has 188 valence electrons. The van der Waals surface area contributed by atoms with Crippen molar-refractivity contribution in [2.45, 2.75) is 39.8 Å². The van der Waals surface area contributed by atoms with Crippen molar-refractivity contribution >= 4 is 41.4 Å². The van der Waals surface area contributed by atoms with Crippen LogP contribution in [0.4, 0.5) is 16.2 Å². The van der Waals surface area contributed by atoms with Gasteiger partial charge < -0.3 is 20.4 Å². The first-order chi connectivity index (χ1) is 16.3. The maximum absolute atomic E-state index is 13.7. The van der Waals surface area contributed by atoms with Crippen molar-refractivity contribution in [3.8, 4) is 0 Å². The lowest BCUT2D eigenvalue weighted by Gasteiger charge is -2.30. The second-order valence-electron chi connectivity index (χ2n) is 9.82. The number of piperidine rings is 1. The second kappa shape index (κ2) is 11.7. The molecule has 2 N–H and O–H groups in total. The number of nitrogens with one attached hydrogen (secondary N) is 2. The number of benzodiazepines with no additional fused rings is 1. The van der Waals surface area contributed by atoms with E-state index in [0.717, 1.165) is 48.5 Å². The summed E-state index contributed by atoms with van der Waals surface area (Å²) in [5.41, 5.74) is 4.52. The van der Waals surface area contributed by atoms with Gasteiger partial charge in [-0.25, -0.2) is 4.79 Å². The highest BCUT2D eigenvalue weighted by Gasteiger charge is 2.35. The molecular weight excluding hydrogens is 462 g/mol. The van der Waals surface area contributed by atoms with Crippen LogP contribution in [0.5, 0.6) is 0 Å². The van der Waals surface area contributed by atoms with E-state index in [1.54, 1.807) is 4.90 Å². The molecule has 3 amide bonds. The van der Waals surface area contributed by atoms with Crippen molar-refractivity contribution in [3.63, 3.8) is 0 Å². The summed E-state index contributed by atoms with van der Waals surface area (Å²) >= 11 is 0. The van der Waals surface area contributed by atoms with Gasteiger partial charge in [0.2, 0.25) is 6.17 Å². The minimum Gasteiger partial charge on any atom is -0.308 e. The molecule has 1 fully saturated rings. The molecule has 1 atom stereocenters. The summed E-state index contributed by atoms with van der Waals surface area (Å²) in [5, 5.41) is 5.70. The predicted octanol–water partition coefficient (Wildman–Crippen LogP) is 4.70. The van der Waals surface area contributed by atoms with Crippen LogP contribution in [-0.2, 0) is 4.79 Å². The molecule has 0 radical (unpaired) electrons. The van der Waals surface area contributed by atoms with Crippen LogP contribution in [0.2, 0.25) is 0 Å². The van der Waals surface area contributed by atoms with Crippen LogP contribution in [-0.4, -0.2) is 55.4 Å². The number of anilines is 2. The van der Waals surface area contributed by atoms with Crippen LogP contribution >= 0.6 is 12.4 Å². The smallest absolute Gasteiger partial charge is 0.308 e. The van der Waals surface area contributed by atoms with Gasteiger partial charge in [0.25, 0.3) is 5.91 Å². The Morgan fingerprint density at radius 2 is 1.83 bits per heavy atom. The van der Waals surface area contributed by atoms with E-state index >= 15 is 0 Å². The molecule has 2 heterocycles. The first-order valence-corrected chi connectivity index (χ1v) is 12.1. The summed E-state index contributed by atoms with van der Waals surface area (Å²) in [7, 11) is 2.13. The maximum atomic E-state index is 13.7. The first-order valence-electron chi connectivity index (χ1n) is 12.1. The van der Waals surface area contributed by atoms with E-state index in [2.05, 4.69) is 42.5 Å². The number of nitrogens with zero attached hydrogens (tertiary/aromatic N) is 3. The number of para-hydroxylation sites is 1. The molecule has 1 saturated heterocycles. The fourth-order valence-electron chi connectivity index (χ4n) is 4.72. The van der Waals surface area contributed by atoms with E-state index < -0.39 is 12.2 Å². The third kappa shape index (κ3) is 6.41. The topological polar surface area (TPSA) is 77.0 Å². The molecular formula is C27H36ClN5O2. The van der Waals surface area contributed by atoms with Crippen molar-refractivity contribution in [1.29, 1.82) is 0 Å². The highest BCUT2D eigenvalue weighted by Crippen LogP contribution is 2.32. The number of aryl methyl sites for hydroxylation is 1. The molecule has 2 aliphatic heterocycles. The number of hydrogen-bond donors (Lipinski definition) is 2. The van der Waals surface area contributed by atoms with Gasteiger partial charge in [0.1, 0.15) is 0 Å². The SMILES string of the molecule is Cc1cccc(NC(=O)NC2N=C(C3CCN(C)CC3)c3ccccc3N(CC(C)C)C2=O)c1.Cl. The van der Waals surface area contributed by atoms with Gasteiger partial charge in [-0.15, -0.1) is 12.4 Å². The molecule has 7 nitrogen and oxygen atoms in total. The Morgan fingerprint density at radius 1 is 1.11 bits per heavy atom. The summed E-state index contributed by atoms with van der Waals surface area (Å²) in [5.74, 6) is 0.306. The van der Waals surface area contributed by atoms with Crippen LogP contribution in [0.25, 0.3) is 0 Å². The van der Waals surface area contributed by atoms with Crippen molar-refractivity contribution in [2.24, 2.45) is 16.8 Å². The normalized spacial score (nSPS) is 18.9. The summed E-state index contributed by atoms with van der Waals surface area (Å²) in [4.78, 5) is 35.7. The lowest BCUT2D eigenvalue weighted by Crippen LogP contribution is -2.49. The van der Waals surface area contributed by atoms with Crippen LogP contribution in [0.3, 0.4) is 0 Å². The third-order valence-corrected chi connectivity index (χ3v) is 6.44. The Kier molecular flexibility index (Phi) is 8.92. The molecule has 0 saturated carbocycles. The van der Waals surface area contributed by atoms with Crippen LogP contribution in [0, 0.1) is 18.8 Å². The van der Waals surface area contributed by atoms with Crippen LogP contribution in [0.1, 0.15) is 37.8 Å². The highest BCUT2D eigenvalue weighted by atomic mass is 35.5. The van der Waals surface area contributed by atoms with Gasteiger partial charge in [0, 0.05) is 23.7 Å². The van der Waals surface area contributed by atoms with E-state index in [0.29, 0.717) is 12.2 Å². The monoisotopic (exact) mass is 497 g/mol. The van der Waals surface area contributed by atoms with E-state index in [1.165, 1.54) is 0 Å². The van der Waals surface area contributed by atoms with Crippen molar-refractivity contribution < 1.29 is 9.59 Å². The van der Waals surface area contributed by atoms with Crippen LogP contribution < -0.4 is 15.5 Å². The molecule has 0 aliphatic carbocycles. The number of halogens is 1. The zero-order chi connectivity index (χ0) is 24.2. The molecule has 2 aromatic carbocycles. The molecule has 0 spiro atoms. The van der Waals surface area contributed by atoms with E-state index in [4.69, 9.17) is 4.99 Å². The number of urea groups is 1. The Hall–Kier alpha value is -2.90. The molecule has 2 aromatic rings. The molecule has 0 aromatic heterocycles. The number of amides is 3. The fourth-order valence-corrected chi connectivity index (χ4v) is 4.72. The number of carbonyl (C=O) groups is 2. The zero-order valence-electron chi connectivity index (χ0n) is 21.0. The Morgan fingerprint density at radius 3 is 2.51 bits per heavy atom. The van der Waals surface area contributed by atoms with Gasteiger partial charge in [0.15, 0.2) is 0 Å². The number of fused-ring (bicyclic) bond motifs is 1. The van der Waals surface area contributed by atoms with Gasteiger partial charge in [0.05, 0.1) is 11.4 Å². The number of rotatable bonds is 5. The summed E-state index contributed by atoms with van der Waals surface area (Å²) < 4.78 is 0. The quantitative estimate of drug-likeness (QED) is 0.628. The number of likely N-dealkylation sites (tertiary alicyclic amines) is 1. The van der Waals surface area contributed by atoms with Crippen LogP contribution in [0.15, 0.2) is 53.5 Å². The average Bonchev–Trinajstić information content (AvgIpc) is 2.90. The second-order valence-corrected chi connectivity index (χ2v) is 9.82. The number of benzene rings is 2. The third-order valence-electron chi connectivity index (χ3n) is 6.44. The molecule has 0 bridgehead atoms. The molecule has 8 heteroatoms. The largest absolute Gasteiger partial charge is 0.321 e. The lowest BCUT2D eigenvalue weighted by atomic mass is 9.87. The maximum Gasteiger partial charge on any atom is 0.321 e. The van der Waals surface area contributed by atoms with E-state index in [-0.39, 0.29) is 30.2 Å². The summed E-state index contributed by atoms with van der Waals surface area (Å²) in [6, 6.07) is 15.2. The fraction of sp³-hybridized carbons (Fsp3) is 0.444. The molecule has 1 unspecified atom stereocenters. The minimum absolute atomic E-state index is 0. The predicted molar refractivity (Wildman–Crippen MR) is 145 cm³/mol. The van der Waals surface area contributed by atoms with Gasteiger partial charge >= 0.3 is 6.03 Å². The Bertz CT molecular complexity index is 1080. The summed E-state index contributed by atoms with van der Waals surface area (Å²) in [6.07, 6.45) is 0.972. The average molecular weight is 498 g/mol. The number of hydrogen-bond acceptors (Lipinski definition) is 4. The van der Waals surface area contributed by atoms with Gasteiger partial charge in [-0.1, -0.05) is 44.2 Å². The molecule has 4 rings (SSSR count). The minimum atomic E-state index is -0.981. The lowest BCUT2D eigenvalue weighted by molar-refractivity contribution is -0.120. The van der Waals surface area contributed by atoms with Gasteiger partial charge in [-0.3, -0.25) is 9.79 Å². The first kappa shape index (κ1) is 26.7. The molecule has 2 aliphatic rings. The van der Waals surface area contributed by atoms with Gasteiger partial charge in [-0.2, -0.15) is 0 Å². The summed E-state index contributed by atoms with van der Waals surface area (Å²) in [6.45, 7) is 8.68. The molecule has 35 heavy (non-hydrogen) atoms. The van der Waals surface area contributed by atoms with Crippen molar-refractivity contribution in [1.82, 2.24) is 10.2 Å². The van der Waals surface area contributed by atoms with Gasteiger partial charge in [-0.05, 0) is 69.6 Å². The Balaban J connectivity index is 0.00000342. The Labute approximate surface area is 214 Å². The van der Waals surface area contributed by atoms with Crippen molar-refractivity contribution in [3.05, 3.63) is 59.7 Å².